The third kappa shape index (κ3) is 2.35. The van der Waals surface area contributed by atoms with Crippen LogP contribution in [0.5, 0.6) is 0 Å². The molecule has 0 saturated carbocycles. The highest BCUT2D eigenvalue weighted by Gasteiger charge is 2.26. The van der Waals surface area contributed by atoms with Crippen LogP contribution in [0.1, 0.15) is 21.5 Å². The number of carbonyl (C=O) groups is 2. The number of fused-ring (bicyclic) bond motifs is 1. The Balaban J connectivity index is 1.78. The monoisotopic (exact) mass is 265 g/mol. The molecule has 1 aliphatic rings. The molecule has 0 radical (unpaired) electrons. The molecular formula is C17H15NO2. The van der Waals surface area contributed by atoms with Crippen LogP contribution >= 0.6 is 0 Å². The second-order valence-corrected chi connectivity index (χ2v) is 4.94. The van der Waals surface area contributed by atoms with Gasteiger partial charge in [-0.2, -0.15) is 0 Å². The summed E-state index contributed by atoms with van der Waals surface area (Å²) in [5.41, 5.74) is 2.85. The molecule has 0 unspecified atom stereocenters. The highest BCUT2D eigenvalue weighted by atomic mass is 16.2. The lowest BCUT2D eigenvalue weighted by atomic mass is 9.99. The topological polar surface area (TPSA) is 37.4 Å². The van der Waals surface area contributed by atoms with Crippen molar-refractivity contribution in [2.75, 3.05) is 6.54 Å². The van der Waals surface area contributed by atoms with E-state index in [1.807, 2.05) is 24.3 Å². The maximum absolute atomic E-state index is 12.3. The number of Topliss-reactive ketones (excluding diaryl/α,β-unsaturated/α-hetero) is 1. The van der Waals surface area contributed by atoms with E-state index in [-0.39, 0.29) is 0 Å². The molecule has 1 heterocycles. The fraction of sp³-hybridized carbons (Fsp3) is 0.176. The van der Waals surface area contributed by atoms with Gasteiger partial charge in [-0.15, -0.1) is 0 Å². The molecule has 1 amide bonds. The number of hydrogen-bond acceptors (Lipinski definition) is 2. The number of ketones is 1. The van der Waals surface area contributed by atoms with Crippen molar-refractivity contribution in [3.8, 4) is 0 Å². The molecule has 3 heteroatoms. The predicted octanol–water partition coefficient (Wildman–Crippen LogP) is 2.45. The first-order chi connectivity index (χ1) is 9.75. The molecule has 0 aliphatic carbocycles. The van der Waals surface area contributed by atoms with Crippen LogP contribution in [-0.2, 0) is 17.8 Å². The molecule has 3 rings (SSSR count). The molecule has 2 aromatic carbocycles. The van der Waals surface area contributed by atoms with Crippen LogP contribution in [0, 0.1) is 0 Å². The summed E-state index contributed by atoms with van der Waals surface area (Å²) in [4.78, 5) is 26.1. The van der Waals surface area contributed by atoms with Gasteiger partial charge in [0.25, 0.3) is 5.91 Å². The molecule has 1 aliphatic heterocycles. The highest BCUT2D eigenvalue weighted by molar-refractivity contribution is 6.42. The molecule has 0 bridgehead atoms. The van der Waals surface area contributed by atoms with E-state index >= 15 is 0 Å². The maximum atomic E-state index is 12.3. The summed E-state index contributed by atoms with van der Waals surface area (Å²) in [6.45, 7) is 1.13. The van der Waals surface area contributed by atoms with Gasteiger partial charge in [-0.05, 0) is 17.5 Å². The molecule has 0 aromatic heterocycles. The van der Waals surface area contributed by atoms with Crippen molar-refractivity contribution in [2.24, 2.45) is 0 Å². The largest absolute Gasteiger partial charge is 0.331 e. The highest BCUT2D eigenvalue weighted by Crippen LogP contribution is 2.19. The molecule has 0 N–H and O–H groups in total. The van der Waals surface area contributed by atoms with Crippen molar-refractivity contribution in [1.29, 1.82) is 0 Å². The van der Waals surface area contributed by atoms with Gasteiger partial charge in [0.05, 0.1) is 0 Å². The predicted molar refractivity (Wildman–Crippen MR) is 76.3 cm³/mol. The van der Waals surface area contributed by atoms with Gasteiger partial charge in [-0.3, -0.25) is 9.59 Å². The van der Waals surface area contributed by atoms with Crippen LogP contribution < -0.4 is 0 Å². The lowest BCUT2D eigenvalue weighted by Crippen LogP contribution is -2.40. The van der Waals surface area contributed by atoms with Crippen molar-refractivity contribution in [1.82, 2.24) is 4.90 Å². The smallest absolute Gasteiger partial charge is 0.295 e. The second-order valence-electron chi connectivity index (χ2n) is 4.94. The zero-order valence-electron chi connectivity index (χ0n) is 11.1. The molecular weight excluding hydrogens is 250 g/mol. The Morgan fingerprint density at radius 2 is 1.50 bits per heavy atom. The number of rotatable bonds is 2. The first-order valence-electron chi connectivity index (χ1n) is 6.71. The molecule has 0 fully saturated rings. The second kappa shape index (κ2) is 5.29. The van der Waals surface area contributed by atoms with Gasteiger partial charge in [0.1, 0.15) is 0 Å². The summed E-state index contributed by atoms with van der Waals surface area (Å²) in [5.74, 6) is -0.837. The van der Waals surface area contributed by atoms with E-state index in [1.54, 1.807) is 29.2 Å². The van der Waals surface area contributed by atoms with Gasteiger partial charge in [0, 0.05) is 18.7 Å². The van der Waals surface area contributed by atoms with Crippen LogP contribution in [-0.4, -0.2) is 23.1 Å². The van der Waals surface area contributed by atoms with Crippen LogP contribution in [0.3, 0.4) is 0 Å². The van der Waals surface area contributed by atoms with Crippen LogP contribution in [0.2, 0.25) is 0 Å². The molecule has 20 heavy (non-hydrogen) atoms. The van der Waals surface area contributed by atoms with E-state index in [0.29, 0.717) is 18.7 Å². The molecule has 3 nitrogen and oxygen atoms in total. The van der Waals surface area contributed by atoms with Crippen LogP contribution in [0.4, 0.5) is 0 Å². The lowest BCUT2D eigenvalue weighted by molar-refractivity contribution is -0.127. The van der Waals surface area contributed by atoms with E-state index in [4.69, 9.17) is 0 Å². The molecule has 0 saturated heterocycles. The summed E-state index contributed by atoms with van der Waals surface area (Å²) in [6, 6.07) is 16.8. The minimum atomic E-state index is -0.426. The fourth-order valence-electron chi connectivity index (χ4n) is 2.53. The molecule has 0 spiro atoms. The van der Waals surface area contributed by atoms with E-state index < -0.39 is 11.7 Å². The van der Waals surface area contributed by atoms with Crippen molar-refractivity contribution in [3.05, 3.63) is 71.3 Å². The van der Waals surface area contributed by atoms with Gasteiger partial charge < -0.3 is 4.90 Å². The minimum Gasteiger partial charge on any atom is -0.331 e. The Hall–Kier alpha value is -2.42. The van der Waals surface area contributed by atoms with Gasteiger partial charge in [0.15, 0.2) is 0 Å². The number of carbonyl (C=O) groups excluding carboxylic acids is 2. The third-order valence-corrected chi connectivity index (χ3v) is 3.65. The summed E-state index contributed by atoms with van der Waals surface area (Å²) in [5, 5.41) is 0. The van der Waals surface area contributed by atoms with E-state index in [1.165, 1.54) is 5.56 Å². The standard InChI is InChI=1S/C17H15NO2/c19-16(14-7-2-1-3-8-14)17(20)18-11-10-13-6-4-5-9-15(13)12-18/h1-9H,10-12H2. The van der Waals surface area contributed by atoms with Crippen LogP contribution in [0.25, 0.3) is 0 Å². The van der Waals surface area contributed by atoms with Gasteiger partial charge in [0.2, 0.25) is 5.78 Å². The number of hydrogen-bond donors (Lipinski definition) is 0. The summed E-state index contributed by atoms with van der Waals surface area (Å²) in [7, 11) is 0. The van der Waals surface area contributed by atoms with Crippen LogP contribution in [0.15, 0.2) is 54.6 Å². The fourth-order valence-corrected chi connectivity index (χ4v) is 2.53. The van der Waals surface area contributed by atoms with Crippen molar-refractivity contribution in [3.63, 3.8) is 0 Å². The average molecular weight is 265 g/mol. The Morgan fingerprint density at radius 3 is 2.25 bits per heavy atom. The molecule has 2 aromatic rings. The Bertz CT molecular complexity index is 649. The molecule has 0 atom stereocenters. The maximum Gasteiger partial charge on any atom is 0.295 e. The Labute approximate surface area is 117 Å². The average Bonchev–Trinajstić information content (AvgIpc) is 2.54. The zero-order chi connectivity index (χ0) is 13.9. The molecule has 100 valence electrons. The summed E-state index contributed by atoms with van der Waals surface area (Å²) >= 11 is 0. The third-order valence-electron chi connectivity index (χ3n) is 3.65. The van der Waals surface area contributed by atoms with Crippen molar-refractivity contribution < 1.29 is 9.59 Å². The van der Waals surface area contributed by atoms with Crippen molar-refractivity contribution in [2.45, 2.75) is 13.0 Å². The minimum absolute atomic E-state index is 0.411. The zero-order valence-corrected chi connectivity index (χ0v) is 11.1. The first-order valence-corrected chi connectivity index (χ1v) is 6.71. The number of nitrogens with zero attached hydrogens (tertiary/aromatic N) is 1. The van der Waals surface area contributed by atoms with Crippen molar-refractivity contribution >= 4 is 11.7 Å². The normalized spacial score (nSPS) is 13.7. The lowest BCUT2D eigenvalue weighted by Gasteiger charge is -2.28. The number of amides is 1. The SMILES string of the molecule is O=C(C(=O)N1CCc2ccccc2C1)c1ccccc1. The Morgan fingerprint density at radius 1 is 0.850 bits per heavy atom. The van der Waals surface area contributed by atoms with E-state index in [2.05, 4.69) is 6.07 Å². The first kappa shape index (κ1) is 12.6. The van der Waals surface area contributed by atoms with E-state index in [9.17, 15) is 9.59 Å². The number of benzene rings is 2. The Kier molecular flexibility index (Phi) is 3.33. The van der Waals surface area contributed by atoms with E-state index in [0.717, 1.165) is 12.0 Å². The summed E-state index contributed by atoms with van der Waals surface area (Å²) < 4.78 is 0. The quantitative estimate of drug-likeness (QED) is 0.618. The van der Waals surface area contributed by atoms with Gasteiger partial charge in [-0.1, -0.05) is 54.6 Å². The summed E-state index contributed by atoms with van der Waals surface area (Å²) in [6.07, 6.45) is 0.810. The van der Waals surface area contributed by atoms with Gasteiger partial charge >= 0.3 is 0 Å². The van der Waals surface area contributed by atoms with Gasteiger partial charge in [-0.25, -0.2) is 0 Å².